The number of aliphatic carboxylic acids is 1. The van der Waals surface area contributed by atoms with E-state index in [0.29, 0.717) is 5.69 Å². The molecule has 7 nitrogen and oxygen atoms in total. The molecule has 0 radical (unpaired) electrons. The number of nitrogens with one attached hydrogen (secondary N) is 2. The molecular weight excluding hydrogens is 212 g/mol. The van der Waals surface area contributed by atoms with Crippen LogP contribution in [0.4, 0.5) is 0 Å². The van der Waals surface area contributed by atoms with Crippen molar-refractivity contribution >= 4 is 11.9 Å². The van der Waals surface area contributed by atoms with Crippen LogP contribution < -0.4 is 10.6 Å². The Morgan fingerprint density at radius 2 is 2.31 bits per heavy atom. The summed E-state index contributed by atoms with van der Waals surface area (Å²) in [5.41, 5.74) is 0.177. The van der Waals surface area contributed by atoms with Gasteiger partial charge in [0, 0.05) is 12.4 Å². The average molecular weight is 220 g/mol. The number of amides is 1. The molecule has 0 bridgehead atoms. The molecule has 1 unspecified atom stereocenters. The van der Waals surface area contributed by atoms with Crippen LogP contribution in [0, 0.1) is 0 Å². The minimum Gasteiger partial charge on any atom is -0.477 e. The quantitative estimate of drug-likeness (QED) is 0.561. The Hall–Kier alpha value is -2.44. The van der Waals surface area contributed by atoms with Gasteiger partial charge in [-0.05, 0) is 12.1 Å². The summed E-state index contributed by atoms with van der Waals surface area (Å²) in [4.78, 5) is 22.0. The van der Waals surface area contributed by atoms with Crippen LogP contribution in [-0.4, -0.2) is 27.2 Å². The maximum absolute atomic E-state index is 11.4. The number of hydrogen-bond donors (Lipinski definition) is 3. The van der Waals surface area contributed by atoms with Crippen LogP contribution in [0.3, 0.4) is 0 Å². The van der Waals surface area contributed by atoms with Crippen LogP contribution in [0.15, 0.2) is 30.1 Å². The third-order valence-corrected chi connectivity index (χ3v) is 2.03. The van der Waals surface area contributed by atoms with Crippen LogP contribution in [0.5, 0.6) is 0 Å². The van der Waals surface area contributed by atoms with Gasteiger partial charge in [0.1, 0.15) is 17.4 Å². The van der Waals surface area contributed by atoms with E-state index in [1.54, 1.807) is 12.1 Å². The lowest BCUT2D eigenvalue weighted by atomic mass is 10.2. The Bertz CT molecular complexity index is 457. The molecule has 7 heteroatoms. The Balaban J connectivity index is 2.20. The molecule has 1 aliphatic heterocycles. The molecule has 1 aromatic heterocycles. The van der Waals surface area contributed by atoms with E-state index in [1.807, 2.05) is 0 Å². The largest absolute Gasteiger partial charge is 0.477 e. The van der Waals surface area contributed by atoms with Crippen molar-refractivity contribution in [3.05, 3.63) is 35.8 Å². The van der Waals surface area contributed by atoms with Crippen LogP contribution in [0.25, 0.3) is 0 Å². The highest BCUT2D eigenvalue weighted by atomic mass is 16.4. The maximum Gasteiger partial charge on any atom is 0.342 e. The van der Waals surface area contributed by atoms with Crippen molar-refractivity contribution in [2.24, 2.45) is 0 Å². The first-order chi connectivity index (χ1) is 7.68. The number of carboxylic acid groups (broad SMARTS) is 1. The minimum absolute atomic E-state index is 0.333. The fourth-order valence-electron chi connectivity index (χ4n) is 1.27. The van der Waals surface area contributed by atoms with Crippen molar-refractivity contribution in [1.29, 1.82) is 0 Å². The third-order valence-electron chi connectivity index (χ3n) is 2.03. The molecule has 2 heterocycles. The number of nitrogens with zero attached hydrogens (tertiary/aromatic N) is 2. The van der Waals surface area contributed by atoms with Crippen LogP contribution >= 0.6 is 0 Å². The molecule has 3 N–H and O–H groups in total. The SMILES string of the molecule is O=C(O)C1=CNC(c2cccnn2)NC1=O. The Morgan fingerprint density at radius 1 is 1.50 bits per heavy atom. The zero-order valence-corrected chi connectivity index (χ0v) is 8.04. The van der Waals surface area contributed by atoms with Crippen molar-refractivity contribution in [3.63, 3.8) is 0 Å². The molecule has 0 spiro atoms. The second kappa shape index (κ2) is 3.97. The molecule has 1 amide bonds. The van der Waals surface area contributed by atoms with E-state index < -0.39 is 18.0 Å². The fourth-order valence-corrected chi connectivity index (χ4v) is 1.27. The zero-order chi connectivity index (χ0) is 11.5. The highest BCUT2D eigenvalue weighted by Gasteiger charge is 2.26. The second-order valence-corrected chi connectivity index (χ2v) is 3.08. The first-order valence-corrected chi connectivity index (χ1v) is 4.46. The van der Waals surface area contributed by atoms with Crippen molar-refractivity contribution in [1.82, 2.24) is 20.8 Å². The standard InChI is InChI=1S/C9H8N4O3/c14-8-5(9(15)16)4-10-7(12-8)6-2-1-3-11-13-6/h1-4,7,10H,(H,12,14)(H,15,16). The van der Waals surface area contributed by atoms with Crippen molar-refractivity contribution in [2.75, 3.05) is 0 Å². The summed E-state index contributed by atoms with van der Waals surface area (Å²) in [7, 11) is 0. The summed E-state index contributed by atoms with van der Waals surface area (Å²) < 4.78 is 0. The summed E-state index contributed by atoms with van der Waals surface area (Å²) in [5, 5.41) is 21.3. The first-order valence-electron chi connectivity index (χ1n) is 4.46. The summed E-state index contributed by atoms with van der Waals surface area (Å²) in [6.07, 6.45) is 2.11. The highest BCUT2D eigenvalue weighted by Crippen LogP contribution is 2.11. The van der Waals surface area contributed by atoms with Crippen LogP contribution in [0.1, 0.15) is 11.9 Å². The third kappa shape index (κ3) is 1.83. The van der Waals surface area contributed by atoms with Gasteiger partial charge >= 0.3 is 5.97 Å². The fraction of sp³-hybridized carbons (Fsp3) is 0.111. The van der Waals surface area contributed by atoms with Gasteiger partial charge in [0.2, 0.25) is 0 Å². The first kappa shape index (κ1) is 10.1. The number of aromatic nitrogens is 2. The van der Waals surface area contributed by atoms with E-state index in [9.17, 15) is 9.59 Å². The Morgan fingerprint density at radius 3 is 2.88 bits per heavy atom. The summed E-state index contributed by atoms with van der Waals surface area (Å²) in [5.74, 6) is -1.93. The van der Waals surface area contributed by atoms with E-state index in [1.165, 1.54) is 6.20 Å². The number of hydrogen-bond acceptors (Lipinski definition) is 5. The molecular formula is C9H8N4O3. The van der Waals surface area contributed by atoms with Gasteiger partial charge in [-0.3, -0.25) is 4.79 Å². The van der Waals surface area contributed by atoms with E-state index in [-0.39, 0.29) is 5.57 Å². The molecule has 1 aromatic rings. The van der Waals surface area contributed by atoms with Crippen LogP contribution in [0.2, 0.25) is 0 Å². The predicted molar refractivity (Wildman–Crippen MR) is 51.8 cm³/mol. The summed E-state index contributed by atoms with van der Waals surface area (Å²) >= 11 is 0. The summed E-state index contributed by atoms with van der Waals surface area (Å²) in [6, 6.07) is 3.34. The minimum atomic E-state index is -1.28. The van der Waals surface area contributed by atoms with Gasteiger partial charge in [0.25, 0.3) is 5.91 Å². The topological polar surface area (TPSA) is 104 Å². The predicted octanol–water partition coefficient (Wildman–Crippen LogP) is -0.837. The smallest absolute Gasteiger partial charge is 0.342 e. The number of rotatable bonds is 2. The van der Waals surface area contributed by atoms with E-state index in [2.05, 4.69) is 20.8 Å². The molecule has 0 fully saturated rings. The lowest BCUT2D eigenvalue weighted by molar-refractivity contribution is -0.135. The van der Waals surface area contributed by atoms with Gasteiger partial charge < -0.3 is 15.7 Å². The van der Waals surface area contributed by atoms with Crippen LogP contribution in [-0.2, 0) is 9.59 Å². The molecule has 16 heavy (non-hydrogen) atoms. The molecule has 1 aliphatic rings. The number of carbonyl (C=O) groups excluding carboxylic acids is 1. The average Bonchev–Trinajstić information content (AvgIpc) is 2.29. The molecule has 0 saturated carbocycles. The molecule has 0 aliphatic carbocycles. The molecule has 2 rings (SSSR count). The Labute approximate surface area is 90.2 Å². The summed E-state index contributed by atoms with van der Waals surface area (Å²) in [6.45, 7) is 0. The van der Waals surface area contributed by atoms with Gasteiger partial charge in [-0.2, -0.15) is 10.2 Å². The van der Waals surface area contributed by atoms with Gasteiger partial charge in [-0.15, -0.1) is 0 Å². The molecule has 0 aromatic carbocycles. The normalized spacial score (nSPS) is 19.4. The molecule has 82 valence electrons. The van der Waals surface area contributed by atoms with E-state index >= 15 is 0 Å². The van der Waals surface area contributed by atoms with Crippen molar-refractivity contribution in [2.45, 2.75) is 6.17 Å². The zero-order valence-electron chi connectivity index (χ0n) is 8.04. The van der Waals surface area contributed by atoms with Gasteiger partial charge in [0.15, 0.2) is 0 Å². The lowest BCUT2D eigenvalue weighted by Gasteiger charge is -2.22. The van der Waals surface area contributed by atoms with E-state index in [4.69, 9.17) is 5.11 Å². The molecule has 1 atom stereocenters. The number of carbonyl (C=O) groups is 2. The van der Waals surface area contributed by atoms with E-state index in [0.717, 1.165) is 6.20 Å². The monoisotopic (exact) mass is 220 g/mol. The maximum atomic E-state index is 11.4. The van der Waals surface area contributed by atoms with Gasteiger partial charge in [-0.25, -0.2) is 4.79 Å². The van der Waals surface area contributed by atoms with Crippen molar-refractivity contribution in [3.8, 4) is 0 Å². The lowest BCUT2D eigenvalue weighted by Crippen LogP contribution is -2.43. The van der Waals surface area contributed by atoms with Gasteiger partial charge in [-0.1, -0.05) is 0 Å². The molecule has 0 saturated heterocycles. The second-order valence-electron chi connectivity index (χ2n) is 3.08. The van der Waals surface area contributed by atoms with Gasteiger partial charge in [0.05, 0.1) is 0 Å². The Kier molecular flexibility index (Phi) is 2.50. The van der Waals surface area contributed by atoms with Crippen molar-refractivity contribution < 1.29 is 14.7 Å². The highest BCUT2D eigenvalue weighted by molar-refractivity contribution is 6.16. The number of carboxylic acids is 1.